The smallest absolute Gasteiger partial charge is 0.254 e. The summed E-state index contributed by atoms with van der Waals surface area (Å²) in [6, 6.07) is 1.43. The number of nitrogens with zero attached hydrogens (tertiary/aromatic N) is 1. The summed E-state index contributed by atoms with van der Waals surface area (Å²) in [6.45, 7) is 5.02. The maximum absolute atomic E-state index is 11.4. The second-order valence-corrected chi connectivity index (χ2v) is 5.13. The third-order valence-electron chi connectivity index (χ3n) is 2.88. The van der Waals surface area contributed by atoms with E-state index in [4.69, 9.17) is 4.74 Å². The van der Waals surface area contributed by atoms with Crippen LogP contribution in [0.2, 0.25) is 0 Å². The molecule has 0 aliphatic heterocycles. The highest BCUT2D eigenvalue weighted by molar-refractivity contribution is 5.13. The fraction of sp³-hybridized carbons (Fsp3) is 0.692. The Hall–Kier alpha value is -1.32. The van der Waals surface area contributed by atoms with Gasteiger partial charge in [-0.05, 0) is 31.6 Å². The van der Waals surface area contributed by atoms with Crippen molar-refractivity contribution >= 4 is 0 Å². The lowest BCUT2D eigenvalue weighted by atomic mass is 10.1. The van der Waals surface area contributed by atoms with Gasteiger partial charge in [-0.3, -0.25) is 4.79 Å². The highest BCUT2D eigenvalue weighted by Gasteiger charge is 2.26. The molecule has 0 amide bonds. The molecule has 0 aromatic carbocycles. The van der Waals surface area contributed by atoms with Gasteiger partial charge >= 0.3 is 0 Å². The molecule has 1 aromatic heterocycles. The Morgan fingerprint density at radius 1 is 1.53 bits per heavy atom. The highest BCUT2D eigenvalue weighted by Crippen LogP contribution is 2.37. The first-order valence-corrected chi connectivity index (χ1v) is 6.39. The molecular formula is C13H20N2O2. The molecule has 94 valence electrons. The van der Waals surface area contributed by atoms with E-state index in [1.54, 1.807) is 0 Å². The minimum Gasteiger partial charge on any atom is -0.477 e. The largest absolute Gasteiger partial charge is 0.477 e. The van der Waals surface area contributed by atoms with Crippen LogP contribution in [0.4, 0.5) is 0 Å². The van der Waals surface area contributed by atoms with Gasteiger partial charge in [-0.15, -0.1) is 0 Å². The van der Waals surface area contributed by atoms with Gasteiger partial charge < -0.3 is 9.72 Å². The van der Waals surface area contributed by atoms with Crippen molar-refractivity contribution in [2.75, 3.05) is 6.61 Å². The fourth-order valence-electron chi connectivity index (χ4n) is 1.75. The van der Waals surface area contributed by atoms with Gasteiger partial charge in [-0.25, -0.2) is 0 Å². The Morgan fingerprint density at radius 3 is 2.94 bits per heavy atom. The predicted molar refractivity (Wildman–Crippen MR) is 66.4 cm³/mol. The van der Waals surface area contributed by atoms with Crippen LogP contribution in [0.15, 0.2) is 10.9 Å². The van der Waals surface area contributed by atoms with Crippen LogP contribution in [-0.4, -0.2) is 16.6 Å². The Morgan fingerprint density at radius 2 is 2.29 bits per heavy atom. The topological polar surface area (TPSA) is 55.0 Å². The Labute approximate surface area is 101 Å². The lowest BCUT2D eigenvalue weighted by Gasteiger charge is -2.07. The summed E-state index contributed by atoms with van der Waals surface area (Å²) < 4.78 is 5.52. The van der Waals surface area contributed by atoms with Crippen LogP contribution in [0, 0.1) is 5.92 Å². The minimum absolute atomic E-state index is 0.110. The number of aromatic amines is 1. The van der Waals surface area contributed by atoms with Crippen LogP contribution in [0.3, 0.4) is 0 Å². The van der Waals surface area contributed by atoms with Gasteiger partial charge in [0.25, 0.3) is 5.56 Å². The Balaban J connectivity index is 1.89. The summed E-state index contributed by atoms with van der Waals surface area (Å²) in [5.41, 5.74) is -0.110. The number of nitrogens with one attached hydrogen (secondary N) is 1. The molecule has 17 heavy (non-hydrogen) atoms. The van der Waals surface area contributed by atoms with E-state index < -0.39 is 0 Å². The van der Waals surface area contributed by atoms with E-state index in [0.29, 0.717) is 24.3 Å². The van der Waals surface area contributed by atoms with E-state index in [0.717, 1.165) is 31.5 Å². The molecule has 0 spiro atoms. The molecule has 1 aliphatic rings. The molecular weight excluding hydrogens is 216 g/mol. The standard InChI is InChI=1S/C13H20N2O2/c1-9(2)4-3-7-17-12-8-11(16)14-13(15-12)10-5-6-10/h8-10H,3-7H2,1-2H3,(H,14,15,16). The van der Waals surface area contributed by atoms with Crippen LogP contribution in [0.5, 0.6) is 5.88 Å². The van der Waals surface area contributed by atoms with Crippen molar-refractivity contribution in [1.29, 1.82) is 0 Å². The summed E-state index contributed by atoms with van der Waals surface area (Å²) in [7, 11) is 0. The molecule has 4 nitrogen and oxygen atoms in total. The number of hydrogen-bond donors (Lipinski definition) is 1. The molecule has 0 atom stereocenters. The normalized spacial score (nSPS) is 15.2. The molecule has 0 radical (unpaired) electrons. The molecule has 1 fully saturated rings. The summed E-state index contributed by atoms with van der Waals surface area (Å²) in [4.78, 5) is 18.5. The number of H-pyrrole nitrogens is 1. The Kier molecular flexibility index (Phi) is 3.82. The maximum Gasteiger partial charge on any atom is 0.254 e. The first-order chi connectivity index (χ1) is 8.15. The average Bonchev–Trinajstić information content (AvgIpc) is 3.07. The van der Waals surface area contributed by atoms with Crippen molar-refractivity contribution in [3.8, 4) is 5.88 Å². The third-order valence-corrected chi connectivity index (χ3v) is 2.88. The van der Waals surface area contributed by atoms with Crippen LogP contribution >= 0.6 is 0 Å². The number of rotatable bonds is 6. The molecule has 0 saturated heterocycles. The van der Waals surface area contributed by atoms with Crippen molar-refractivity contribution < 1.29 is 4.74 Å². The summed E-state index contributed by atoms with van der Waals surface area (Å²) in [5.74, 6) is 2.39. The fourth-order valence-corrected chi connectivity index (χ4v) is 1.75. The van der Waals surface area contributed by atoms with Gasteiger partial charge in [0.1, 0.15) is 5.82 Å². The van der Waals surface area contributed by atoms with E-state index >= 15 is 0 Å². The van der Waals surface area contributed by atoms with Crippen LogP contribution in [0.25, 0.3) is 0 Å². The molecule has 0 bridgehead atoms. The third kappa shape index (κ3) is 3.88. The number of aromatic nitrogens is 2. The molecule has 4 heteroatoms. The summed E-state index contributed by atoms with van der Waals surface area (Å²) >= 11 is 0. The van der Waals surface area contributed by atoms with Crippen LogP contribution in [0.1, 0.15) is 51.3 Å². The number of hydrogen-bond acceptors (Lipinski definition) is 3. The summed E-state index contributed by atoms with van der Waals surface area (Å²) in [6.07, 6.45) is 4.39. The molecule has 1 heterocycles. The first kappa shape index (κ1) is 12.1. The SMILES string of the molecule is CC(C)CCCOc1cc(=O)[nH]c(C2CC2)n1. The first-order valence-electron chi connectivity index (χ1n) is 6.39. The van der Waals surface area contributed by atoms with Gasteiger partial charge in [0.15, 0.2) is 0 Å². The lowest BCUT2D eigenvalue weighted by Crippen LogP contribution is -2.12. The van der Waals surface area contributed by atoms with Crippen molar-refractivity contribution in [3.63, 3.8) is 0 Å². The number of ether oxygens (including phenoxy) is 1. The molecule has 1 aromatic rings. The molecule has 1 N–H and O–H groups in total. The quantitative estimate of drug-likeness (QED) is 0.772. The summed E-state index contributed by atoms with van der Waals surface area (Å²) in [5, 5.41) is 0. The molecule has 1 saturated carbocycles. The zero-order chi connectivity index (χ0) is 12.3. The van der Waals surface area contributed by atoms with Crippen molar-refractivity contribution in [2.24, 2.45) is 5.92 Å². The zero-order valence-electron chi connectivity index (χ0n) is 10.5. The van der Waals surface area contributed by atoms with Crippen molar-refractivity contribution in [2.45, 2.75) is 45.4 Å². The second kappa shape index (κ2) is 5.34. The molecule has 2 rings (SSSR count). The minimum atomic E-state index is -0.110. The van der Waals surface area contributed by atoms with Gasteiger partial charge in [-0.2, -0.15) is 4.98 Å². The van der Waals surface area contributed by atoms with Gasteiger partial charge in [0.05, 0.1) is 12.7 Å². The van der Waals surface area contributed by atoms with Crippen LogP contribution < -0.4 is 10.3 Å². The molecule has 0 unspecified atom stereocenters. The van der Waals surface area contributed by atoms with E-state index in [1.165, 1.54) is 6.07 Å². The lowest BCUT2D eigenvalue weighted by molar-refractivity contribution is 0.285. The van der Waals surface area contributed by atoms with E-state index in [1.807, 2.05) is 0 Å². The van der Waals surface area contributed by atoms with E-state index in [-0.39, 0.29) is 5.56 Å². The highest BCUT2D eigenvalue weighted by atomic mass is 16.5. The van der Waals surface area contributed by atoms with Gasteiger partial charge in [0.2, 0.25) is 5.88 Å². The monoisotopic (exact) mass is 236 g/mol. The Bertz CT molecular complexity index is 422. The average molecular weight is 236 g/mol. The molecule has 1 aliphatic carbocycles. The van der Waals surface area contributed by atoms with Crippen molar-refractivity contribution in [3.05, 3.63) is 22.2 Å². The van der Waals surface area contributed by atoms with Gasteiger partial charge in [0, 0.05) is 5.92 Å². The maximum atomic E-state index is 11.4. The van der Waals surface area contributed by atoms with E-state index in [9.17, 15) is 4.79 Å². The van der Waals surface area contributed by atoms with Crippen LogP contribution in [-0.2, 0) is 0 Å². The predicted octanol–water partition coefficient (Wildman–Crippen LogP) is 2.46. The second-order valence-electron chi connectivity index (χ2n) is 5.13. The van der Waals surface area contributed by atoms with E-state index in [2.05, 4.69) is 23.8 Å². The zero-order valence-corrected chi connectivity index (χ0v) is 10.5. The van der Waals surface area contributed by atoms with Crippen molar-refractivity contribution in [1.82, 2.24) is 9.97 Å². The van der Waals surface area contributed by atoms with Gasteiger partial charge in [-0.1, -0.05) is 13.8 Å².